The topological polar surface area (TPSA) is 72.9 Å². The summed E-state index contributed by atoms with van der Waals surface area (Å²) in [6.07, 6.45) is -2.64. The van der Waals surface area contributed by atoms with Gasteiger partial charge in [0.25, 0.3) is 5.56 Å². The van der Waals surface area contributed by atoms with Gasteiger partial charge in [0.2, 0.25) is 0 Å². The summed E-state index contributed by atoms with van der Waals surface area (Å²) in [4.78, 5) is 11.7. The summed E-state index contributed by atoms with van der Waals surface area (Å²) in [7, 11) is 0. The molecule has 1 aromatic heterocycles. The van der Waals surface area contributed by atoms with Crippen molar-refractivity contribution >= 4 is 21.6 Å². The SMILES string of the molecule is CC(N)CCNc1cnn(CC(F)(F)F)c(=O)c1Br. The van der Waals surface area contributed by atoms with Crippen molar-refractivity contribution in [2.45, 2.75) is 32.1 Å². The molecule has 0 radical (unpaired) electrons. The van der Waals surface area contributed by atoms with E-state index >= 15 is 0 Å². The van der Waals surface area contributed by atoms with Gasteiger partial charge in [-0.1, -0.05) is 0 Å². The molecule has 19 heavy (non-hydrogen) atoms. The molecule has 0 aliphatic carbocycles. The Hall–Kier alpha value is -1.09. The van der Waals surface area contributed by atoms with Crippen molar-refractivity contribution in [1.29, 1.82) is 0 Å². The molecule has 5 nitrogen and oxygen atoms in total. The van der Waals surface area contributed by atoms with Crippen molar-refractivity contribution in [1.82, 2.24) is 9.78 Å². The molecule has 0 saturated heterocycles. The number of nitrogens with one attached hydrogen (secondary N) is 1. The highest BCUT2D eigenvalue weighted by atomic mass is 79.9. The van der Waals surface area contributed by atoms with E-state index in [1.807, 2.05) is 6.92 Å². The highest BCUT2D eigenvalue weighted by Crippen LogP contribution is 2.19. The molecule has 1 heterocycles. The van der Waals surface area contributed by atoms with E-state index in [1.165, 1.54) is 6.20 Å². The predicted molar refractivity (Wildman–Crippen MR) is 69.0 cm³/mol. The Morgan fingerprint density at radius 3 is 2.74 bits per heavy atom. The molecule has 0 spiro atoms. The van der Waals surface area contributed by atoms with Gasteiger partial charge in [0.05, 0.1) is 11.9 Å². The van der Waals surface area contributed by atoms with Crippen LogP contribution in [0.2, 0.25) is 0 Å². The zero-order valence-electron chi connectivity index (χ0n) is 10.2. The number of hydrogen-bond acceptors (Lipinski definition) is 4. The van der Waals surface area contributed by atoms with Crippen LogP contribution < -0.4 is 16.6 Å². The van der Waals surface area contributed by atoms with E-state index in [2.05, 4.69) is 26.3 Å². The Bertz CT molecular complexity index is 487. The largest absolute Gasteiger partial charge is 0.408 e. The maximum absolute atomic E-state index is 12.2. The first-order chi connectivity index (χ1) is 8.70. The minimum atomic E-state index is -4.49. The third kappa shape index (κ3) is 5.19. The number of rotatable bonds is 5. The third-order valence-corrected chi connectivity index (χ3v) is 3.00. The van der Waals surface area contributed by atoms with E-state index in [0.29, 0.717) is 23.3 Å². The molecule has 0 amide bonds. The fourth-order valence-electron chi connectivity index (χ4n) is 1.31. The summed E-state index contributed by atoms with van der Waals surface area (Å²) in [5.74, 6) is 0. The molecule has 108 valence electrons. The van der Waals surface area contributed by atoms with E-state index in [1.54, 1.807) is 0 Å². The Morgan fingerprint density at radius 1 is 1.58 bits per heavy atom. The van der Waals surface area contributed by atoms with E-state index in [4.69, 9.17) is 5.73 Å². The first kappa shape index (κ1) is 16.0. The van der Waals surface area contributed by atoms with Crippen LogP contribution in [-0.2, 0) is 6.54 Å². The lowest BCUT2D eigenvalue weighted by Crippen LogP contribution is -2.31. The molecular weight excluding hydrogens is 329 g/mol. The summed E-state index contributed by atoms with van der Waals surface area (Å²) >= 11 is 2.97. The van der Waals surface area contributed by atoms with Crippen LogP contribution in [0.3, 0.4) is 0 Å². The van der Waals surface area contributed by atoms with Crippen molar-refractivity contribution in [3.63, 3.8) is 0 Å². The maximum atomic E-state index is 12.2. The second kappa shape index (κ2) is 6.38. The quantitative estimate of drug-likeness (QED) is 0.854. The first-order valence-corrected chi connectivity index (χ1v) is 6.32. The Morgan fingerprint density at radius 2 is 2.21 bits per heavy atom. The number of aromatic nitrogens is 2. The van der Waals surface area contributed by atoms with Gasteiger partial charge in [0.1, 0.15) is 11.0 Å². The normalized spacial score (nSPS) is 13.4. The zero-order chi connectivity index (χ0) is 14.6. The van der Waals surface area contributed by atoms with E-state index in [-0.39, 0.29) is 10.5 Å². The van der Waals surface area contributed by atoms with E-state index < -0.39 is 18.3 Å². The van der Waals surface area contributed by atoms with Crippen LogP contribution in [0.25, 0.3) is 0 Å². The Balaban J connectivity index is 2.83. The molecule has 0 fully saturated rings. The number of nitrogens with zero attached hydrogens (tertiary/aromatic N) is 2. The van der Waals surface area contributed by atoms with Crippen molar-refractivity contribution < 1.29 is 13.2 Å². The van der Waals surface area contributed by atoms with E-state index in [0.717, 1.165) is 0 Å². The van der Waals surface area contributed by atoms with E-state index in [9.17, 15) is 18.0 Å². The van der Waals surface area contributed by atoms with Gasteiger partial charge in [0, 0.05) is 12.6 Å². The highest BCUT2D eigenvalue weighted by Gasteiger charge is 2.29. The van der Waals surface area contributed by atoms with Crippen molar-refractivity contribution in [3.8, 4) is 0 Å². The molecule has 0 saturated carbocycles. The van der Waals surface area contributed by atoms with Crippen LogP contribution in [0.5, 0.6) is 0 Å². The van der Waals surface area contributed by atoms with Crippen molar-refractivity contribution in [3.05, 3.63) is 21.0 Å². The summed E-state index contributed by atoms with van der Waals surface area (Å²) in [6, 6.07) is -0.00941. The fourth-order valence-corrected chi connectivity index (χ4v) is 1.75. The van der Waals surface area contributed by atoms with Crippen molar-refractivity contribution in [2.24, 2.45) is 5.73 Å². The van der Waals surface area contributed by atoms with Gasteiger partial charge >= 0.3 is 6.18 Å². The van der Waals surface area contributed by atoms with Crippen molar-refractivity contribution in [2.75, 3.05) is 11.9 Å². The molecular formula is C10H14BrF3N4O. The molecule has 1 unspecified atom stereocenters. The van der Waals surface area contributed by atoms with Crippen LogP contribution in [0, 0.1) is 0 Å². The highest BCUT2D eigenvalue weighted by molar-refractivity contribution is 9.10. The van der Waals surface area contributed by atoms with Gasteiger partial charge in [-0.2, -0.15) is 18.3 Å². The number of nitrogens with two attached hydrogens (primary N) is 1. The molecule has 0 aromatic carbocycles. The summed E-state index contributed by atoms with van der Waals surface area (Å²) in [6.45, 7) is 0.918. The second-order valence-corrected chi connectivity index (χ2v) is 4.94. The minimum absolute atomic E-state index is 0.00941. The van der Waals surface area contributed by atoms with Crippen LogP contribution in [0.15, 0.2) is 15.5 Å². The molecule has 0 aliphatic rings. The Kier molecular flexibility index (Phi) is 5.36. The minimum Gasteiger partial charge on any atom is -0.383 e. The lowest BCUT2D eigenvalue weighted by atomic mass is 10.2. The number of hydrogen-bond donors (Lipinski definition) is 2. The lowest BCUT2D eigenvalue weighted by Gasteiger charge is -2.12. The first-order valence-electron chi connectivity index (χ1n) is 5.52. The Labute approximate surface area is 116 Å². The molecule has 9 heteroatoms. The van der Waals surface area contributed by atoms with Gasteiger partial charge in [-0.05, 0) is 29.3 Å². The van der Waals surface area contributed by atoms with Gasteiger partial charge in [-0.25, -0.2) is 4.68 Å². The van der Waals surface area contributed by atoms with Crippen LogP contribution in [0.1, 0.15) is 13.3 Å². The number of alkyl halides is 3. The van der Waals surface area contributed by atoms with Crippen LogP contribution in [-0.4, -0.2) is 28.5 Å². The van der Waals surface area contributed by atoms with Crippen LogP contribution >= 0.6 is 15.9 Å². The van der Waals surface area contributed by atoms with Gasteiger partial charge in [-0.3, -0.25) is 4.79 Å². The second-order valence-electron chi connectivity index (χ2n) is 4.14. The lowest BCUT2D eigenvalue weighted by molar-refractivity contribution is -0.143. The monoisotopic (exact) mass is 342 g/mol. The average Bonchev–Trinajstić information content (AvgIpc) is 2.26. The van der Waals surface area contributed by atoms with Gasteiger partial charge in [0.15, 0.2) is 0 Å². The fraction of sp³-hybridized carbons (Fsp3) is 0.600. The molecule has 1 aromatic rings. The summed E-state index contributed by atoms with van der Waals surface area (Å²) in [5, 5.41) is 6.37. The van der Waals surface area contributed by atoms with Crippen LogP contribution in [0.4, 0.5) is 18.9 Å². The zero-order valence-corrected chi connectivity index (χ0v) is 11.8. The third-order valence-electron chi connectivity index (χ3n) is 2.23. The molecule has 3 N–H and O–H groups in total. The molecule has 1 rings (SSSR count). The van der Waals surface area contributed by atoms with Gasteiger partial charge < -0.3 is 11.1 Å². The molecule has 0 bridgehead atoms. The average molecular weight is 343 g/mol. The van der Waals surface area contributed by atoms with Gasteiger partial charge in [-0.15, -0.1) is 0 Å². The standard InChI is InChI=1S/C10H14BrF3N4O/c1-6(15)2-3-16-7-4-17-18(5-10(12,13)14)9(19)8(7)11/h4,6,16H,2-3,5,15H2,1H3. The number of halogens is 4. The molecule has 0 aliphatic heterocycles. The summed E-state index contributed by atoms with van der Waals surface area (Å²) in [5.41, 5.74) is 5.08. The number of anilines is 1. The smallest absolute Gasteiger partial charge is 0.383 e. The maximum Gasteiger partial charge on any atom is 0.408 e. The summed E-state index contributed by atoms with van der Waals surface area (Å²) < 4.78 is 37.0. The molecule has 1 atom stereocenters. The predicted octanol–water partition coefficient (Wildman–Crippen LogP) is 1.72.